The maximum absolute atomic E-state index is 14.8. The Bertz CT molecular complexity index is 1160. The van der Waals surface area contributed by atoms with Gasteiger partial charge < -0.3 is 20.2 Å². The summed E-state index contributed by atoms with van der Waals surface area (Å²) in [6.45, 7) is 1.27. The van der Waals surface area contributed by atoms with Crippen LogP contribution in [0.1, 0.15) is 25.3 Å². The average molecular weight is 355 g/mol. The minimum absolute atomic E-state index is 0.0118. The maximum atomic E-state index is 14.8. The molecule has 1 saturated carbocycles. The lowest BCUT2D eigenvalue weighted by Crippen LogP contribution is -2.27. The summed E-state index contributed by atoms with van der Waals surface area (Å²) in [6, 6.07) is 3.16. The summed E-state index contributed by atoms with van der Waals surface area (Å²) in [6.07, 6.45) is 4.01. The molecule has 1 aliphatic carbocycles. The number of nitrogens with two attached hydrogens (primary N) is 1. The van der Waals surface area contributed by atoms with Crippen molar-refractivity contribution in [2.24, 2.45) is 5.73 Å². The number of hydrogen-bond acceptors (Lipinski definition) is 5. The molecule has 1 aromatic carbocycles. The van der Waals surface area contributed by atoms with E-state index in [1.54, 1.807) is 6.07 Å². The zero-order valence-corrected chi connectivity index (χ0v) is 14.0. The molecule has 26 heavy (non-hydrogen) atoms. The smallest absolute Gasteiger partial charge is 0.264 e. The number of aromatic nitrogens is 3. The zero-order valence-electron chi connectivity index (χ0n) is 14.0. The first-order valence-electron chi connectivity index (χ1n) is 8.80. The van der Waals surface area contributed by atoms with Gasteiger partial charge in [0.05, 0.1) is 17.5 Å². The predicted octanol–water partition coefficient (Wildman–Crippen LogP) is 1.25. The molecule has 1 unspecified atom stereocenters. The average Bonchev–Trinajstić information content (AvgIpc) is 3.35. The Hall–Kier alpha value is -2.74. The summed E-state index contributed by atoms with van der Waals surface area (Å²) in [7, 11) is 0. The van der Waals surface area contributed by atoms with Gasteiger partial charge in [-0.3, -0.25) is 9.59 Å². The van der Waals surface area contributed by atoms with Crippen LogP contribution in [0.4, 0.5) is 10.1 Å². The first-order valence-corrected chi connectivity index (χ1v) is 8.80. The molecule has 0 amide bonds. The van der Waals surface area contributed by atoms with Crippen molar-refractivity contribution in [1.82, 2.24) is 14.5 Å². The number of H-pyrrole nitrogens is 1. The number of nitrogens with zero attached hydrogens (tertiary/aromatic N) is 3. The van der Waals surface area contributed by atoms with Crippen molar-refractivity contribution in [1.29, 1.82) is 0 Å². The third-order valence-electron chi connectivity index (χ3n) is 5.34. The van der Waals surface area contributed by atoms with Gasteiger partial charge >= 0.3 is 0 Å². The van der Waals surface area contributed by atoms with Crippen LogP contribution in [0.3, 0.4) is 0 Å². The zero-order chi connectivity index (χ0) is 18.0. The third-order valence-corrected chi connectivity index (χ3v) is 5.34. The van der Waals surface area contributed by atoms with Crippen molar-refractivity contribution in [2.75, 3.05) is 18.0 Å². The van der Waals surface area contributed by atoms with Crippen molar-refractivity contribution >= 4 is 27.6 Å². The van der Waals surface area contributed by atoms with E-state index in [1.165, 1.54) is 12.4 Å². The Kier molecular flexibility index (Phi) is 3.21. The Morgan fingerprint density at radius 2 is 2.04 bits per heavy atom. The molecule has 5 rings (SSSR count). The highest BCUT2D eigenvalue weighted by Crippen LogP contribution is 2.39. The number of rotatable bonds is 2. The molecule has 1 atom stereocenters. The second kappa shape index (κ2) is 5.38. The Morgan fingerprint density at radius 3 is 2.73 bits per heavy atom. The summed E-state index contributed by atoms with van der Waals surface area (Å²) in [4.78, 5) is 33.7. The maximum Gasteiger partial charge on any atom is 0.264 e. The lowest BCUT2D eigenvalue weighted by molar-refractivity contribution is 0.623. The van der Waals surface area contributed by atoms with Crippen molar-refractivity contribution in [2.45, 2.75) is 31.3 Å². The molecule has 134 valence electrons. The van der Waals surface area contributed by atoms with Crippen molar-refractivity contribution in [3.8, 4) is 0 Å². The van der Waals surface area contributed by atoms with Crippen LogP contribution in [0.15, 0.2) is 28.0 Å². The number of aromatic amines is 1. The number of benzene rings is 1. The highest BCUT2D eigenvalue weighted by atomic mass is 19.1. The van der Waals surface area contributed by atoms with E-state index >= 15 is 0 Å². The highest BCUT2D eigenvalue weighted by Gasteiger charge is 2.30. The first kappa shape index (κ1) is 15.5. The van der Waals surface area contributed by atoms with Gasteiger partial charge in [0.1, 0.15) is 11.2 Å². The SMILES string of the molecule is NC1CCN(c2cc3c(cc2F)c(=O)c2c(=O)[nH]cnc2n3C2CC2)C1. The molecule has 3 heterocycles. The van der Waals surface area contributed by atoms with Crippen LogP contribution >= 0.6 is 0 Å². The van der Waals surface area contributed by atoms with Gasteiger partial charge in [-0.25, -0.2) is 9.37 Å². The minimum Gasteiger partial charge on any atom is -0.367 e. The molecule has 0 radical (unpaired) electrons. The van der Waals surface area contributed by atoms with Crippen LogP contribution in [-0.2, 0) is 0 Å². The second-order valence-electron chi connectivity index (χ2n) is 7.18. The summed E-state index contributed by atoms with van der Waals surface area (Å²) in [5.74, 6) is -0.467. The highest BCUT2D eigenvalue weighted by molar-refractivity contribution is 5.93. The van der Waals surface area contributed by atoms with Crippen LogP contribution in [0, 0.1) is 5.82 Å². The molecule has 3 aromatic rings. The van der Waals surface area contributed by atoms with Gasteiger partial charge in [-0.15, -0.1) is 0 Å². The molecule has 2 aromatic heterocycles. The molecular weight excluding hydrogens is 337 g/mol. The molecule has 0 bridgehead atoms. The molecule has 7 nitrogen and oxygen atoms in total. The molecular formula is C18H18FN5O2. The van der Waals surface area contributed by atoms with Crippen LogP contribution in [0.5, 0.6) is 0 Å². The number of nitrogens with one attached hydrogen (secondary N) is 1. The van der Waals surface area contributed by atoms with Crippen LogP contribution in [0.25, 0.3) is 21.9 Å². The van der Waals surface area contributed by atoms with Crippen LogP contribution in [0.2, 0.25) is 0 Å². The van der Waals surface area contributed by atoms with E-state index in [9.17, 15) is 14.0 Å². The number of pyridine rings is 1. The fraction of sp³-hybridized carbons (Fsp3) is 0.389. The standard InChI is InChI=1S/C18H18FN5O2/c19-12-5-11-13(6-14(12)23-4-3-9(20)7-23)24(10-1-2-10)17-15(16(11)25)18(26)22-8-21-17/h5-6,8-10H,1-4,7,20H2,(H,21,22,26). The number of fused-ring (bicyclic) bond motifs is 2. The van der Waals surface area contributed by atoms with E-state index in [-0.39, 0.29) is 22.9 Å². The summed E-state index contributed by atoms with van der Waals surface area (Å²) in [5.41, 5.74) is 6.42. The van der Waals surface area contributed by atoms with Gasteiger partial charge in [0.15, 0.2) is 5.65 Å². The van der Waals surface area contributed by atoms with E-state index in [0.29, 0.717) is 29.9 Å². The minimum atomic E-state index is -0.494. The van der Waals surface area contributed by atoms with Crippen molar-refractivity contribution < 1.29 is 4.39 Å². The normalized spacial score (nSPS) is 20.4. The second-order valence-corrected chi connectivity index (χ2v) is 7.18. The quantitative estimate of drug-likeness (QED) is 0.675. The van der Waals surface area contributed by atoms with E-state index in [0.717, 1.165) is 19.3 Å². The molecule has 1 saturated heterocycles. The topological polar surface area (TPSA) is 97.0 Å². The van der Waals surface area contributed by atoms with Gasteiger partial charge in [-0.05, 0) is 31.4 Å². The van der Waals surface area contributed by atoms with Gasteiger partial charge in [-0.2, -0.15) is 0 Å². The lowest BCUT2D eigenvalue weighted by Gasteiger charge is -2.21. The molecule has 1 aliphatic heterocycles. The lowest BCUT2D eigenvalue weighted by atomic mass is 10.1. The summed E-state index contributed by atoms with van der Waals surface area (Å²) >= 11 is 0. The van der Waals surface area contributed by atoms with E-state index < -0.39 is 16.8 Å². The first-order chi connectivity index (χ1) is 12.5. The fourth-order valence-electron chi connectivity index (χ4n) is 3.91. The van der Waals surface area contributed by atoms with Crippen molar-refractivity contribution in [3.05, 3.63) is 44.9 Å². The van der Waals surface area contributed by atoms with Gasteiger partial charge in [0.25, 0.3) is 5.56 Å². The fourth-order valence-corrected chi connectivity index (χ4v) is 3.91. The third kappa shape index (κ3) is 2.18. The summed E-state index contributed by atoms with van der Waals surface area (Å²) in [5, 5.41) is 0.204. The van der Waals surface area contributed by atoms with E-state index in [1.807, 2.05) is 9.47 Å². The number of anilines is 1. The molecule has 0 spiro atoms. The predicted molar refractivity (Wildman–Crippen MR) is 97.2 cm³/mol. The largest absolute Gasteiger partial charge is 0.367 e. The van der Waals surface area contributed by atoms with Crippen LogP contribution < -0.4 is 21.6 Å². The monoisotopic (exact) mass is 355 g/mol. The van der Waals surface area contributed by atoms with Crippen LogP contribution in [-0.4, -0.2) is 33.7 Å². The Labute approximate surface area is 147 Å². The number of halogens is 1. The molecule has 8 heteroatoms. The van der Waals surface area contributed by atoms with E-state index in [4.69, 9.17) is 5.73 Å². The number of hydrogen-bond donors (Lipinski definition) is 2. The molecule has 2 fully saturated rings. The summed E-state index contributed by atoms with van der Waals surface area (Å²) < 4.78 is 16.7. The van der Waals surface area contributed by atoms with Crippen molar-refractivity contribution in [3.63, 3.8) is 0 Å². The Balaban J connectivity index is 1.88. The van der Waals surface area contributed by atoms with Gasteiger partial charge in [0, 0.05) is 30.6 Å². The Morgan fingerprint density at radius 1 is 1.23 bits per heavy atom. The molecule has 3 N–H and O–H groups in total. The van der Waals surface area contributed by atoms with Gasteiger partial charge in [-0.1, -0.05) is 0 Å². The van der Waals surface area contributed by atoms with Gasteiger partial charge in [0.2, 0.25) is 5.43 Å². The van der Waals surface area contributed by atoms with E-state index in [2.05, 4.69) is 9.97 Å². The molecule has 2 aliphatic rings.